The van der Waals surface area contributed by atoms with Gasteiger partial charge in [0.25, 0.3) is 0 Å². The van der Waals surface area contributed by atoms with Crippen LogP contribution in [0.5, 0.6) is 0 Å². The van der Waals surface area contributed by atoms with Crippen LogP contribution in [-0.4, -0.2) is 68.1 Å². The fraction of sp³-hybridized carbons (Fsp3) is 0.667. The normalized spacial score (nSPS) is 35.8. The summed E-state index contributed by atoms with van der Waals surface area (Å²) in [6.45, 7) is 5.58. The van der Waals surface area contributed by atoms with Gasteiger partial charge in [-0.3, -0.25) is 14.4 Å². The molecule has 35 heavy (non-hydrogen) atoms. The highest BCUT2D eigenvalue weighted by Crippen LogP contribution is 2.65. The van der Waals surface area contributed by atoms with Crippen molar-refractivity contribution in [3.63, 3.8) is 0 Å². The molecular weight excluding hydrogens is 452 g/mol. The molecule has 0 aromatic heterocycles. The molecule has 8 heteroatoms. The Labute approximate surface area is 206 Å². The Hall–Kier alpha value is -2.13. The Morgan fingerprint density at radius 3 is 2.69 bits per heavy atom. The molecule has 0 spiro atoms. The molecule has 0 heterocycles. The van der Waals surface area contributed by atoms with Crippen LogP contribution in [0.1, 0.15) is 52.9 Å². The number of hydrogen-bond acceptors (Lipinski definition) is 8. The lowest BCUT2D eigenvalue weighted by Gasteiger charge is -2.54. The second-order valence-electron chi connectivity index (χ2n) is 10.5. The average Bonchev–Trinajstić information content (AvgIpc) is 3.10. The molecule has 0 aliphatic heterocycles. The predicted molar refractivity (Wildman–Crippen MR) is 126 cm³/mol. The van der Waals surface area contributed by atoms with Gasteiger partial charge in [0.2, 0.25) is 5.78 Å². The highest BCUT2D eigenvalue weighted by molar-refractivity contribution is 6.01. The number of allylic oxidation sites excluding steroid dienone is 5. The van der Waals surface area contributed by atoms with E-state index in [2.05, 4.69) is 6.92 Å². The predicted octanol–water partition coefficient (Wildman–Crippen LogP) is 2.84. The molecule has 1 fully saturated rings. The van der Waals surface area contributed by atoms with E-state index < -0.39 is 28.5 Å². The van der Waals surface area contributed by atoms with Gasteiger partial charge < -0.3 is 24.1 Å². The number of hydrogen-bond donors (Lipinski definition) is 1. The van der Waals surface area contributed by atoms with Gasteiger partial charge in [0, 0.05) is 24.9 Å². The summed E-state index contributed by atoms with van der Waals surface area (Å²) < 4.78 is 21.9. The zero-order valence-electron chi connectivity index (χ0n) is 21.1. The Balaban J connectivity index is 1.70. The van der Waals surface area contributed by atoms with Gasteiger partial charge in [-0.15, -0.1) is 0 Å². The van der Waals surface area contributed by atoms with Crippen molar-refractivity contribution in [2.75, 3.05) is 33.7 Å². The maximum absolute atomic E-state index is 13.6. The van der Waals surface area contributed by atoms with E-state index in [1.165, 1.54) is 6.92 Å². The molecule has 1 unspecified atom stereocenters. The molecule has 0 saturated heterocycles. The molecule has 4 rings (SSSR count). The summed E-state index contributed by atoms with van der Waals surface area (Å²) in [4.78, 5) is 37.1. The number of carbonyl (C=O) groups is 3. The third-order valence-electron chi connectivity index (χ3n) is 8.66. The van der Waals surface area contributed by atoms with Crippen LogP contribution in [0.2, 0.25) is 0 Å². The molecule has 0 amide bonds. The zero-order chi connectivity index (χ0) is 25.4. The van der Waals surface area contributed by atoms with E-state index in [4.69, 9.17) is 18.9 Å². The summed E-state index contributed by atoms with van der Waals surface area (Å²) in [5, 5.41) is 11.6. The number of methoxy groups -OCH3 is 1. The van der Waals surface area contributed by atoms with Crippen molar-refractivity contribution >= 4 is 17.5 Å². The number of fused-ring (bicyclic) bond motifs is 4. The Morgan fingerprint density at radius 2 is 1.97 bits per heavy atom. The zero-order valence-corrected chi connectivity index (χ0v) is 21.1. The SMILES string of the molecule is COCCOCO[C@]1(C(=O)COC(C)=O)CC[C@H]2C3=C(C(O)C[C@@]21C)[C@@]1(C)C=CC(=O)C=C1CC3. The van der Waals surface area contributed by atoms with Crippen LogP contribution in [0.4, 0.5) is 0 Å². The van der Waals surface area contributed by atoms with Crippen molar-refractivity contribution in [2.45, 2.75) is 64.6 Å². The lowest BCUT2D eigenvalue weighted by atomic mass is 9.52. The largest absolute Gasteiger partial charge is 0.458 e. The average molecular weight is 489 g/mol. The van der Waals surface area contributed by atoms with Crippen LogP contribution in [0, 0.1) is 16.7 Å². The first-order valence-corrected chi connectivity index (χ1v) is 12.3. The summed E-state index contributed by atoms with van der Waals surface area (Å²) in [6.07, 6.45) is 7.35. The van der Waals surface area contributed by atoms with Crippen LogP contribution in [-0.2, 0) is 33.3 Å². The smallest absolute Gasteiger partial charge is 0.303 e. The maximum Gasteiger partial charge on any atom is 0.303 e. The lowest BCUT2D eigenvalue weighted by Crippen LogP contribution is -2.58. The Kier molecular flexibility index (Phi) is 7.21. The first kappa shape index (κ1) is 25.9. The number of ketones is 2. The van der Waals surface area contributed by atoms with E-state index in [1.54, 1.807) is 19.3 Å². The summed E-state index contributed by atoms with van der Waals surface area (Å²) in [5.74, 6) is -0.841. The number of Topliss-reactive ketones (excluding diaryl/α,β-unsaturated/α-hetero) is 1. The number of aliphatic hydroxyl groups excluding tert-OH is 1. The molecular formula is C27H36O8. The van der Waals surface area contributed by atoms with Crippen LogP contribution < -0.4 is 0 Å². The third-order valence-corrected chi connectivity index (χ3v) is 8.66. The van der Waals surface area contributed by atoms with Crippen molar-refractivity contribution in [1.82, 2.24) is 0 Å². The minimum atomic E-state index is -1.25. The lowest BCUT2D eigenvalue weighted by molar-refractivity contribution is -0.202. The van der Waals surface area contributed by atoms with Gasteiger partial charge in [0.05, 0.1) is 19.3 Å². The fourth-order valence-electron chi connectivity index (χ4n) is 6.99. The second kappa shape index (κ2) is 9.73. The molecule has 4 aliphatic rings. The number of rotatable bonds is 9. The fourth-order valence-corrected chi connectivity index (χ4v) is 6.99. The number of esters is 1. The molecule has 5 atom stereocenters. The van der Waals surface area contributed by atoms with Crippen LogP contribution in [0.25, 0.3) is 0 Å². The quantitative estimate of drug-likeness (QED) is 0.228. The summed E-state index contributed by atoms with van der Waals surface area (Å²) in [6, 6.07) is 0. The van der Waals surface area contributed by atoms with Gasteiger partial charge in [-0.05, 0) is 62.7 Å². The van der Waals surface area contributed by atoms with Crippen LogP contribution >= 0.6 is 0 Å². The molecule has 192 valence electrons. The van der Waals surface area contributed by atoms with Gasteiger partial charge in [-0.25, -0.2) is 0 Å². The van der Waals surface area contributed by atoms with E-state index >= 15 is 0 Å². The Morgan fingerprint density at radius 1 is 1.20 bits per heavy atom. The maximum atomic E-state index is 13.6. The van der Waals surface area contributed by atoms with Gasteiger partial charge >= 0.3 is 5.97 Å². The van der Waals surface area contributed by atoms with Gasteiger partial charge in [0.15, 0.2) is 12.4 Å². The van der Waals surface area contributed by atoms with Crippen molar-refractivity contribution in [2.24, 2.45) is 16.7 Å². The van der Waals surface area contributed by atoms with Crippen LogP contribution in [0.3, 0.4) is 0 Å². The van der Waals surface area contributed by atoms with Crippen molar-refractivity contribution in [1.29, 1.82) is 0 Å². The van der Waals surface area contributed by atoms with Gasteiger partial charge in [0.1, 0.15) is 12.4 Å². The van der Waals surface area contributed by atoms with E-state index in [0.717, 1.165) is 29.6 Å². The molecule has 4 aliphatic carbocycles. The monoisotopic (exact) mass is 488 g/mol. The minimum absolute atomic E-state index is 0.0190. The Bertz CT molecular complexity index is 993. The standard InChI is InChI=1S/C27H36O8/c1-17(28)34-15-23(31)27(35-16-33-12-11-32-4)10-8-21-20-6-5-18-13-19(29)7-9-25(18,2)24(20)22(30)14-26(21,27)3/h7,9,13,21-22,30H,5-6,8,10-12,14-16H2,1-4H3/t21-,22?,25-,26-,27-/m0/s1. The molecule has 1 N–H and O–H groups in total. The number of aliphatic hydroxyl groups is 1. The molecule has 1 saturated carbocycles. The molecule has 0 radical (unpaired) electrons. The van der Waals surface area contributed by atoms with Gasteiger partial charge in [-0.1, -0.05) is 24.1 Å². The van der Waals surface area contributed by atoms with Gasteiger partial charge in [-0.2, -0.15) is 0 Å². The van der Waals surface area contributed by atoms with E-state index in [-0.39, 0.29) is 30.9 Å². The number of carbonyl (C=O) groups excluding carboxylic acids is 3. The summed E-state index contributed by atoms with van der Waals surface area (Å²) >= 11 is 0. The molecule has 0 aromatic rings. The summed E-state index contributed by atoms with van der Waals surface area (Å²) in [7, 11) is 1.58. The first-order chi connectivity index (χ1) is 16.6. The number of ether oxygens (including phenoxy) is 4. The first-order valence-electron chi connectivity index (χ1n) is 12.3. The third kappa shape index (κ3) is 4.24. The second-order valence-corrected chi connectivity index (χ2v) is 10.5. The highest BCUT2D eigenvalue weighted by atomic mass is 16.7. The molecule has 0 aromatic carbocycles. The van der Waals surface area contributed by atoms with E-state index in [0.29, 0.717) is 32.5 Å². The minimum Gasteiger partial charge on any atom is -0.458 e. The van der Waals surface area contributed by atoms with Crippen molar-refractivity contribution in [3.8, 4) is 0 Å². The van der Waals surface area contributed by atoms with Crippen LogP contribution in [0.15, 0.2) is 34.9 Å². The highest BCUT2D eigenvalue weighted by Gasteiger charge is 2.66. The summed E-state index contributed by atoms with van der Waals surface area (Å²) in [5.41, 5.74) is 0.689. The molecule has 8 nitrogen and oxygen atoms in total. The van der Waals surface area contributed by atoms with Crippen molar-refractivity contribution in [3.05, 3.63) is 34.9 Å². The van der Waals surface area contributed by atoms with Crippen molar-refractivity contribution < 1.29 is 38.4 Å². The van der Waals surface area contributed by atoms with E-state index in [9.17, 15) is 19.5 Å². The van der Waals surface area contributed by atoms with E-state index in [1.807, 2.05) is 13.0 Å². The molecule has 0 bridgehead atoms. The topological polar surface area (TPSA) is 108 Å².